The number of rotatable bonds is 2. The summed E-state index contributed by atoms with van der Waals surface area (Å²) in [6, 6.07) is 7.99. The number of carbonyl (C=O) groups is 1. The van der Waals surface area contributed by atoms with E-state index in [1.807, 2.05) is 29.2 Å². The second-order valence-electron chi connectivity index (χ2n) is 5.59. The lowest BCUT2D eigenvalue weighted by Gasteiger charge is -2.35. The number of amides is 1. The molecule has 1 unspecified atom stereocenters. The smallest absolute Gasteiger partial charge is 0.254 e. The first kappa shape index (κ1) is 14.4. The van der Waals surface area contributed by atoms with Gasteiger partial charge in [-0.25, -0.2) is 0 Å². The number of hydrogen-bond donors (Lipinski definition) is 1. The Kier molecular flexibility index (Phi) is 4.15. The minimum absolute atomic E-state index is 0.132. The molecule has 0 bridgehead atoms. The van der Waals surface area contributed by atoms with Crippen LogP contribution in [0.15, 0.2) is 35.4 Å². The Morgan fingerprint density at radius 2 is 2.24 bits per heavy atom. The van der Waals surface area contributed by atoms with Crippen molar-refractivity contribution in [2.45, 2.75) is 43.5 Å². The minimum atomic E-state index is 0.132. The number of nitrogens with zero attached hydrogens (tertiary/aromatic N) is 2. The maximum absolute atomic E-state index is 13.0. The van der Waals surface area contributed by atoms with Crippen molar-refractivity contribution in [1.82, 2.24) is 9.88 Å². The van der Waals surface area contributed by atoms with E-state index in [4.69, 9.17) is 0 Å². The van der Waals surface area contributed by atoms with Crippen LogP contribution in [-0.4, -0.2) is 28.4 Å². The summed E-state index contributed by atoms with van der Waals surface area (Å²) >= 11 is 4.44. The van der Waals surface area contributed by atoms with Gasteiger partial charge >= 0.3 is 0 Å². The fourth-order valence-corrected chi connectivity index (χ4v) is 3.46. The highest BCUT2D eigenvalue weighted by Gasteiger charge is 2.27. The molecule has 1 aliphatic heterocycles. The van der Waals surface area contributed by atoms with Crippen LogP contribution in [0.5, 0.6) is 0 Å². The van der Waals surface area contributed by atoms with Crippen LogP contribution < -0.4 is 0 Å². The van der Waals surface area contributed by atoms with Gasteiger partial charge in [0.05, 0.1) is 11.1 Å². The molecule has 4 heteroatoms. The zero-order valence-corrected chi connectivity index (χ0v) is 13.1. The van der Waals surface area contributed by atoms with Gasteiger partial charge < -0.3 is 4.90 Å². The van der Waals surface area contributed by atoms with E-state index >= 15 is 0 Å². The van der Waals surface area contributed by atoms with Gasteiger partial charge in [-0.2, -0.15) is 0 Å². The summed E-state index contributed by atoms with van der Waals surface area (Å²) in [5, 5.41) is 0.899. The zero-order valence-electron chi connectivity index (χ0n) is 12.2. The molecule has 21 heavy (non-hydrogen) atoms. The molecule has 3 nitrogen and oxygen atoms in total. The molecule has 110 valence electrons. The number of fused-ring (bicyclic) bond motifs is 1. The van der Waals surface area contributed by atoms with Gasteiger partial charge in [-0.15, -0.1) is 12.6 Å². The van der Waals surface area contributed by atoms with Gasteiger partial charge in [-0.1, -0.05) is 19.1 Å². The molecule has 1 fully saturated rings. The first-order valence-electron chi connectivity index (χ1n) is 7.60. The summed E-state index contributed by atoms with van der Waals surface area (Å²) in [6.07, 6.45) is 6.17. The Labute approximate surface area is 130 Å². The predicted molar refractivity (Wildman–Crippen MR) is 88.0 cm³/mol. The Bertz CT molecular complexity index is 671. The molecule has 0 N–H and O–H groups in total. The third kappa shape index (κ3) is 2.64. The molecule has 0 radical (unpaired) electrons. The number of carbonyl (C=O) groups excluding carboxylic acids is 1. The van der Waals surface area contributed by atoms with Crippen molar-refractivity contribution in [2.24, 2.45) is 0 Å². The number of para-hydroxylation sites is 1. The van der Waals surface area contributed by atoms with Crippen molar-refractivity contribution in [1.29, 1.82) is 0 Å². The molecule has 1 atom stereocenters. The molecular weight excluding hydrogens is 280 g/mol. The molecule has 0 saturated carbocycles. The summed E-state index contributed by atoms with van der Waals surface area (Å²) in [5.41, 5.74) is 1.55. The Morgan fingerprint density at radius 3 is 3.05 bits per heavy atom. The molecule has 0 aliphatic carbocycles. The molecule has 1 saturated heterocycles. The largest absolute Gasteiger partial charge is 0.336 e. The van der Waals surface area contributed by atoms with E-state index in [0.29, 0.717) is 6.04 Å². The van der Waals surface area contributed by atoms with Gasteiger partial charge in [0, 0.05) is 29.1 Å². The number of pyridine rings is 1. The van der Waals surface area contributed by atoms with Crippen LogP contribution in [0, 0.1) is 0 Å². The van der Waals surface area contributed by atoms with E-state index in [9.17, 15) is 4.79 Å². The van der Waals surface area contributed by atoms with Gasteiger partial charge in [-0.3, -0.25) is 9.78 Å². The number of likely N-dealkylation sites (tertiary alicyclic amines) is 1. The molecular formula is C17H20N2OS. The Hall–Kier alpha value is -1.55. The molecule has 2 heterocycles. The number of thiol groups is 1. The Balaban J connectivity index is 2.03. The molecule has 1 aromatic carbocycles. The highest BCUT2D eigenvalue weighted by Crippen LogP contribution is 2.27. The van der Waals surface area contributed by atoms with Crippen LogP contribution in [0.4, 0.5) is 0 Å². The molecule has 1 aliphatic rings. The summed E-state index contributed by atoms with van der Waals surface area (Å²) in [7, 11) is 0. The van der Waals surface area contributed by atoms with Crippen molar-refractivity contribution in [3.63, 3.8) is 0 Å². The fourth-order valence-electron chi connectivity index (χ4n) is 3.19. The van der Waals surface area contributed by atoms with Gasteiger partial charge in [0.2, 0.25) is 0 Å². The number of hydrogen-bond acceptors (Lipinski definition) is 3. The van der Waals surface area contributed by atoms with Crippen LogP contribution in [0.2, 0.25) is 0 Å². The van der Waals surface area contributed by atoms with E-state index < -0.39 is 0 Å². The summed E-state index contributed by atoms with van der Waals surface area (Å²) in [4.78, 5) is 20.2. The lowest BCUT2D eigenvalue weighted by Crippen LogP contribution is -2.43. The van der Waals surface area contributed by atoms with Crippen molar-refractivity contribution in [3.8, 4) is 0 Å². The standard InChI is InChI=1S/C17H20N2OS/c1-2-12-6-3-4-11-19(12)17(20)14-9-10-18-16-13(14)7-5-8-15(16)21/h5,7-10,12,21H,2-4,6,11H2,1H3. The van der Waals surface area contributed by atoms with E-state index in [2.05, 4.69) is 24.5 Å². The Morgan fingerprint density at radius 1 is 1.38 bits per heavy atom. The van der Waals surface area contributed by atoms with Gasteiger partial charge in [-0.05, 0) is 37.8 Å². The minimum Gasteiger partial charge on any atom is -0.336 e. The average Bonchev–Trinajstić information content (AvgIpc) is 2.54. The number of benzene rings is 1. The fraction of sp³-hybridized carbons (Fsp3) is 0.412. The highest BCUT2D eigenvalue weighted by atomic mass is 32.1. The van der Waals surface area contributed by atoms with Crippen LogP contribution in [-0.2, 0) is 0 Å². The lowest BCUT2D eigenvalue weighted by molar-refractivity contribution is 0.0610. The van der Waals surface area contributed by atoms with Gasteiger partial charge in [0.15, 0.2) is 0 Å². The number of piperidine rings is 1. The maximum atomic E-state index is 13.0. The van der Waals surface area contributed by atoms with Crippen molar-refractivity contribution < 1.29 is 4.79 Å². The van der Waals surface area contributed by atoms with Crippen LogP contribution in [0.1, 0.15) is 43.0 Å². The number of aromatic nitrogens is 1. The van der Waals surface area contributed by atoms with Crippen molar-refractivity contribution in [3.05, 3.63) is 36.0 Å². The molecule has 0 spiro atoms. The van der Waals surface area contributed by atoms with Crippen molar-refractivity contribution >= 4 is 29.4 Å². The third-order valence-corrected chi connectivity index (χ3v) is 4.70. The van der Waals surface area contributed by atoms with E-state index in [-0.39, 0.29) is 5.91 Å². The first-order valence-corrected chi connectivity index (χ1v) is 8.04. The quantitative estimate of drug-likeness (QED) is 0.853. The predicted octanol–water partition coefficient (Wildman–Crippen LogP) is 3.93. The topological polar surface area (TPSA) is 33.2 Å². The average molecular weight is 300 g/mol. The summed E-state index contributed by atoms with van der Waals surface area (Å²) in [6.45, 7) is 3.02. The molecule has 1 amide bonds. The summed E-state index contributed by atoms with van der Waals surface area (Å²) < 4.78 is 0. The van der Waals surface area contributed by atoms with Gasteiger partial charge in [0.1, 0.15) is 0 Å². The SMILES string of the molecule is CCC1CCCCN1C(=O)c1ccnc2c(S)cccc12. The lowest BCUT2D eigenvalue weighted by atomic mass is 9.98. The maximum Gasteiger partial charge on any atom is 0.254 e. The monoisotopic (exact) mass is 300 g/mol. The van der Waals surface area contributed by atoms with E-state index in [0.717, 1.165) is 47.2 Å². The first-order chi connectivity index (χ1) is 10.2. The molecule has 3 rings (SSSR count). The normalized spacial score (nSPS) is 19.0. The van der Waals surface area contributed by atoms with Crippen molar-refractivity contribution in [2.75, 3.05) is 6.54 Å². The summed E-state index contributed by atoms with van der Waals surface area (Å²) in [5.74, 6) is 0.132. The third-order valence-electron chi connectivity index (χ3n) is 4.34. The van der Waals surface area contributed by atoms with Crippen LogP contribution in [0.25, 0.3) is 10.9 Å². The molecule has 1 aromatic heterocycles. The zero-order chi connectivity index (χ0) is 14.8. The van der Waals surface area contributed by atoms with Crippen LogP contribution in [0.3, 0.4) is 0 Å². The molecule has 2 aromatic rings. The van der Waals surface area contributed by atoms with Crippen LogP contribution >= 0.6 is 12.6 Å². The second kappa shape index (κ2) is 6.06. The van der Waals surface area contributed by atoms with E-state index in [1.54, 1.807) is 6.20 Å². The second-order valence-corrected chi connectivity index (χ2v) is 6.07. The van der Waals surface area contributed by atoms with Gasteiger partial charge in [0.25, 0.3) is 5.91 Å². The van der Waals surface area contributed by atoms with E-state index in [1.165, 1.54) is 6.42 Å². The highest BCUT2D eigenvalue weighted by molar-refractivity contribution is 7.80.